The molecule has 1 atom stereocenters. The Morgan fingerprint density at radius 3 is 2.63 bits per heavy atom. The smallest absolute Gasteiger partial charge is 0.228 e. The molecule has 0 aliphatic heterocycles. The molecule has 0 radical (unpaired) electrons. The molecule has 1 amide bonds. The predicted molar refractivity (Wildman–Crippen MR) is 81.8 cm³/mol. The molecule has 0 saturated carbocycles. The van der Waals surface area contributed by atoms with Crippen molar-refractivity contribution in [1.82, 2.24) is 5.32 Å². The summed E-state index contributed by atoms with van der Waals surface area (Å²) in [5.41, 5.74) is 3.17. The van der Waals surface area contributed by atoms with Crippen LogP contribution in [-0.4, -0.2) is 33.1 Å². The van der Waals surface area contributed by atoms with E-state index in [9.17, 15) is 4.79 Å². The van der Waals surface area contributed by atoms with Crippen LogP contribution in [0.15, 0.2) is 18.2 Å². The van der Waals surface area contributed by atoms with E-state index in [4.69, 9.17) is 0 Å². The zero-order valence-corrected chi connectivity index (χ0v) is 12.6. The lowest BCUT2D eigenvalue weighted by Crippen LogP contribution is -2.30. The number of benzene rings is 1. The molecule has 106 valence electrons. The molecule has 0 heterocycles. The second-order valence-electron chi connectivity index (χ2n) is 5.09. The van der Waals surface area contributed by atoms with E-state index in [0.717, 1.165) is 17.9 Å². The van der Waals surface area contributed by atoms with E-state index in [1.807, 2.05) is 51.0 Å². The van der Waals surface area contributed by atoms with Gasteiger partial charge in [0, 0.05) is 37.9 Å². The van der Waals surface area contributed by atoms with E-state index in [1.54, 1.807) is 0 Å². The normalized spacial score (nSPS) is 12.1. The third-order valence-corrected chi connectivity index (χ3v) is 3.11. The second-order valence-corrected chi connectivity index (χ2v) is 5.09. The molecule has 1 aromatic carbocycles. The fourth-order valence-electron chi connectivity index (χ4n) is 1.89. The van der Waals surface area contributed by atoms with Gasteiger partial charge in [0.15, 0.2) is 0 Å². The van der Waals surface area contributed by atoms with Gasteiger partial charge in [-0.1, -0.05) is 19.9 Å². The Morgan fingerprint density at radius 1 is 1.37 bits per heavy atom. The lowest BCUT2D eigenvalue weighted by molar-refractivity contribution is -0.119. The number of hydrogen-bond acceptors (Lipinski definition) is 3. The highest BCUT2D eigenvalue weighted by molar-refractivity contribution is 5.93. The molecular formula is C15H25N3O. The van der Waals surface area contributed by atoms with Crippen LogP contribution in [0.25, 0.3) is 0 Å². The molecule has 19 heavy (non-hydrogen) atoms. The van der Waals surface area contributed by atoms with Gasteiger partial charge in [-0.3, -0.25) is 4.79 Å². The van der Waals surface area contributed by atoms with Crippen molar-refractivity contribution in [2.75, 3.05) is 37.4 Å². The maximum Gasteiger partial charge on any atom is 0.228 e. The summed E-state index contributed by atoms with van der Waals surface area (Å²) >= 11 is 0. The van der Waals surface area contributed by atoms with Crippen LogP contribution in [0.3, 0.4) is 0 Å². The van der Waals surface area contributed by atoms with Gasteiger partial charge >= 0.3 is 0 Å². The summed E-state index contributed by atoms with van der Waals surface area (Å²) in [5.74, 6) is 0.0126. The van der Waals surface area contributed by atoms with E-state index in [-0.39, 0.29) is 11.8 Å². The number of rotatable bonds is 6. The van der Waals surface area contributed by atoms with Crippen molar-refractivity contribution in [2.24, 2.45) is 5.92 Å². The van der Waals surface area contributed by atoms with Crippen LogP contribution in [0.4, 0.5) is 11.4 Å². The van der Waals surface area contributed by atoms with Crippen LogP contribution in [0, 0.1) is 12.8 Å². The number of amides is 1. The van der Waals surface area contributed by atoms with E-state index in [2.05, 4.69) is 17.6 Å². The Balaban J connectivity index is 2.71. The van der Waals surface area contributed by atoms with E-state index in [0.29, 0.717) is 6.54 Å². The van der Waals surface area contributed by atoms with E-state index in [1.165, 1.54) is 5.56 Å². The molecule has 0 aromatic heterocycles. The molecule has 1 unspecified atom stereocenters. The highest BCUT2D eigenvalue weighted by Gasteiger charge is 2.13. The van der Waals surface area contributed by atoms with Crippen LogP contribution in [0.1, 0.15) is 19.4 Å². The Hall–Kier alpha value is -1.55. The number of aryl methyl sites for hydroxylation is 1. The van der Waals surface area contributed by atoms with Gasteiger partial charge in [0.05, 0.1) is 0 Å². The molecule has 0 aliphatic carbocycles. The summed E-state index contributed by atoms with van der Waals surface area (Å²) in [6, 6.07) is 5.98. The lowest BCUT2D eigenvalue weighted by Gasteiger charge is -2.18. The van der Waals surface area contributed by atoms with Crippen molar-refractivity contribution in [3.8, 4) is 0 Å². The topological polar surface area (TPSA) is 44.4 Å². The minimum atomic E-state index is -0.0379. The molecule has 0 fully saturated rings. The average Bonchev–Trinajstić information content (AvgIpc) is 2.37. The molecule has 4 nitrogen and oxygen atoms in total. The van der Waals surface area contributed by atoms with Gasteiger partial charge < -0.3 is 15.5 Å². The Morgan fingerprint density at radius 2 is 2.05 bits per heavy atom. The number of hydrogen-bond donors (Lipinski definition) is 2. The first-order chi connectivity index (χ1) is 8.95. The average molecular weight is 263 g/mol. The molecule has 1 aromatic rings. The first-order valence-electron chi connectivity index (χ1n) is 6.75. The second kappa shape index (κ2) is 7.14. The van der Waals surface area contributed by atoms with Gasteiger partial charge in [0.1, 0.15) is 0 Å². The van der Waals surface area contributed by atoms with Gasteiger partial charge in [0.25, 0.3) is 0 Å². The van der Waals surface area contributed by atoms with E-state index < -0.39 is 0 Å². The fourth-order valence-corrected chi connectivity index (χ4v) is 1.89. The maximum absolute atomic E-state index is 12.0. The minimum Gasteiger partial charge on any atom is -0.377 e. The Labute approximate surface area is 116 Å². The molecule has 1 rings (SSSR count). The maximum atomic E-state index is 12.0. The van der Waals surface area contributed by atoms with Gasteiger partial charge in [-0.15, -0.1) is 0 Å². The summed E-state index contributed by atoms with van der Waals surface area (Å²) in [6.45, 7) is 7.61. The lowest BCUT2D eigenvalue weighted by atomic mass is 10.1. The van der Waals surface area contributed by atoms with Crippen molar-refractivity contribution < 1.29 is 4.79 Å². The molecule has 0 aliphatic rings. The number of carbonyl (C=O) groups excluding carboxylic acids is 1. The van der Waals surface area contributed by atoms with E-state index >= 15 is 0 Å². The highest BCUT2D eigenvalue weighted by Crippen LogP contribution is 2.22. The summed E-state index contributed by atoms with van der Waals surface area (Å²) in [6.07, 6.45) is 0. The Bertz CT molecular complexity index is 429. The summed E-state index contributed by atoms with van der Waals surface area (Å²) in [5, 5.41) is 6.15. The molecular weight excluding hydrogens is 238 g/mol. The fraction of sp³-hybridized carbons (Fsp3) is 0.533. The molecule has 2 N–H and O–H groups in total. The summed E-state index contributed by atoms with van der Waals surface area (Å²) < 4.78 is 0. The van der Waals surface area contributed by atoms with Crippen LogP contribution in [0.2, 0.25) is 0 Å². The van der Waals surface area contributed by atoms with Crippen LogP contribution >= 0.6 is 0 Å². The molecule has 4 heteroatoms. The monoisotopic (exact) mass is 263 g/mol. The first kappa shape index (κ1) is 15.5. The number of nitrogens with one attached hydrogen (secondary N) is 2. The van der Waals surface area contributed by atoms with Crippen molar-refractivity contribution >= 4 is 17.3 Å². The number of carbonyl (C=O) groups is 1. The van der Waals surface area contributed by atoms with Gasteiger partial charge in [0.2, 0.25) is 5.91 Å². The zero-order chi connectivity index (χ0) is 14.4. The van der Waals surface area contributed by atoms with Crippen molar-refractivity contribution in [3.05, 3.63) is 23.8 Å². The summed E-state index contributed by atoms with van der Waals surface area (Å²) in [7, 11) is 4.00. The number of anilines is 2. The minimum absolute atomic E-state index is 0.0379. The van der Waals surface area contributed by atoms with Gasteiger partial charge in [-0.25, -0.2) is 0 Å². The van der Waals surface area contributed by atoms with Crippen molar-refractivity contribution in [1.29, 1.82) is 0 Å². The first-order valence-corrected chi connectivity index (χ1v) is 6.75. The van der Waals surface area contributed by atoms with Gasteiger partial charge in [-0.05, 0) is 31.2 Å². The van der Waals surface area contributed by atoms with Gasteiger partial charge in [-0.2, -0.15) is 0 Å². The van der Waals surface area contributed by atoms with Crippen molar-refractivity contribution in [3.63, 3.8) is 0 Å². The SMILES string of the molecule is CCNCC(C)C(=O)Nc1ccc(C)c(N(C)C)c1. The largest absolute Gasteiger partial charge is 0.377 e. The highest BCUT2D eigenvalue weighted by atomic mass is 16.1. The molecule has 0 bridgehead atoms. The van der Waals surface area contributed by atoms with Crippen molar-refractivity contribution in [2.45, 2.75) is 20.8 Å². The third kappa shape index (κ3) is 4.56. The van der Waals surface area contributed by atoms with Crippen LogP contribution in [-0.2, 0) is 4.79 Å². The number of nitrogens with zero attached hydrogens (tertiary/aromatic N) is 1. The quantitative estimate of drug-likeness (QED) is 0.827. The van der Waals surface area contributed by atoms with Crippen LogP contribution in [0.5, 0.6) is 0 Å². The third-order valence-electron chi connectivity index (χ3n) is 3.11. The molecule has 0 saturated heterocycles. The zero-order valence-electron chi connectivity index (χ0n) is 12.6. The summed E-state index contributed by atoms with van der Waals surface area (Å²) in [4.78, 5) is 14.1. The predicted octanol–water partition coefficient (Wildman–Crippen LogP) is 2.25. The Kier molecular flexibility index (Phi) is 5.83. The standard InChI is InChI=1S/C15H25N3O/c1-6-16-10-12(3)15(19)17-13-8-7-11(2)14(9-13)18(4)5/h7-9,12,16H,6,10H2,1-5H3,(H,17,19). The van der Waals surface area contributed by atoms with Crippen LogP contribution < -0.4 is 15.5 Å². The molecule has 0 spiro atoms.